The van der Waals surface area contributed by atoms with E-state index in [-0.39, 0.29) is 0 Å². The molecule has 2 atom stereocenters. The van der Waals surface area contributed by atoms with Gasteiger partial charge in [0.25, 0.3) is 0 Å². The first-order valence-corrected chi connectivity index (χ1v) is 8.80. The summed E-state index contributed by atoms with van der Waals surface area (Å²) in [7, 11) is 0. The van der Waals surface area contributed by atoms with Gasteiger partial charge in [0, 0.05) is 25.2 Å². The average Bonchev–Trinajstić information content (AvgIpc) is 3.18. The van der Waals surface area contributed by atoms with E-state index in [1.807, 2.05) is 0 Å². The second-order valence-corrected chi connectivity index (χ2v) is 6.75. The summed E-state index contributed by atoms with van der Waals surface area (Å²) in [5.74, 6) is 0. The predicted molar refractivity (Wildman–Crippen MR) is 90.9 cm³/mol. The molecule has 0 spiro atoms. The molecule has 2 aromatic rings. The molecule has 3 heteroatoms. The summed E-state index contributed by atoms with van der Waals surface area (Å²) in [5, 5.41) is 8.19. The van der Waals surface area contributed by atoms with E-state index in [0.717, 1.165) is 6.42 Å². The van der Waals surface area contributed by atoms with Crippen molar-refractivity contribution in [1.29, 1.82) is 0 Å². The van der Waals surface area contributed by atoms with Crippen molar-refractivity contribution in [3.05, 3.63) is 58.3 Å². The van der Waals surface area contributed by atoms with Crippen LogP contribution < -0.4 is 5.32 Å². The Bertz CT molecular complexity index is 523. The van der Waals surface area contributed by atoms with E-state index in [1.165, 1.54) is 37.2 Å². The summed E-state index contributed by atoms with van der Waals surface area (Å²) in [6.45, 7) is 5.85. The van der Waals surface area contributed by atoms with Crippen molar-refractivity contribution in [1.82, 2.24) is 10.2 Å². The first-order valence-electron chi connectivity index (χ1n) is 7.85. The van der Waals surface area contributed by atoms with Crippen LogP contribution in [0.1, 0.15) is 30.5 Å². The summed E-state index contributed by atoms with van der Waals surface area (Å²) >= 11 is 1.78. The molecule has 0 bridgehead atoms. The van der Waals surface area contributed by atoms with Crippen molar-refractivity contribution in [3.8, 4) is 0 Å². The van der Waals surface area contributed by atoms with E-state index in [9.17, 15) is 0 Å². The van der Waals surface area contributed by atoms with Gasteiger partial charge >= 0.3 is 0 Å². The standard InChI is InChI=1S/C18H24N2S/c1-15(17-9-12-21-14-17)19-18-8-11-20(13-18)10-7-16-5-3-2-4-6-16/h2-6,9,12,14-15,18-19H,7-8,10-11,13H2,1H3. The fourth-order valence-corrected chi connectivity index (χ4v) is 3.83. The van der Waals surface area contributed by atoms with Crippen molar-refractivity contribution in [2.24, 2.45) is 0 Å². The van der Waals surface area contributed by atoms with Crippen LogP contribution in [0.4, 0.5) is 0 Å². The Hall–Kier alpha value is -1.16. The van der Waals surface area contributed by atoms with Crippen LogP contribution in [0.3, 0.4) is 0 Å². The molecule has 1 N–H and O–H groups in total. The third kappa shape index (κ3) is 4.16. The summed E-state index contributed by atoms with van der Waals surface area (Å²) in [6.07, 6.45) is 2.43. The van der Waals surface area contributed by atoms with Crippen LogP contribution >= 0.6 is 11.3 Å². The lowest BCUT2D eigenvalue weighted by atomic mass is 10.1. The van der Waals surface area contributed by atoms with Gasteiger partial charge in [-0.2, -0.15) is 11.3 Å². The highest BCUT2D eigenvalue weighted by atomic mass is 32.1. The van der Waals surface area contributed by atoms with Crippen molar-refractivity contribution < 1.29 is 0 Å². The second-order valence-electron chi connectivity index (χ2n) is 5.97. The van der Waals surface area contributed by atoms with Crippen molar-refractivity contribution in [3.63, 3.8) is 0 Å². The SMILES string of the molecule is CC(NC1CCN(CCc2ccccc2)C1)c1ccsc1. The van der Waals surface area contributed by atoms with Crippen LogP contribution in [0.2, 0.25) is 0 Å². The maximum absolute atomic E-state index is 3.77. The highest BCUT2D eigenvalue weighted by molar-refractivity contribution is 7.07. The summed E-state index contributed by atoms with van der Waals surface area (Å²) in [6, 6.07) is 14.1. The Labute approximate surface area is 131 Å². The third-order valence-corrected chi connectivity index (χ3v) is 5.06. The molecule has 1 fully saturated rings. The second kappa shape index (κ2) is 7.21. The topological polar surface area (TPSA) is 15.3 Å². The highest BCUT2D eigenvalue weighted by Crippen LogP contribution is 2.19. The number of nitrogens with one attached hydrogen (secondary N) is 1. The first-order chi connectivity index (χ1) is 10.3. The first kappa shape index (κ1) is 14.8. The molecule has 2 nitrogen and oxygen atoms in total. The van der Waals surface area contributed by atoms with E-state index in [0.29, 0.717) is 12.1 Å². The van der Waals surface area contributed by atoms with E-state index in [2.05, 4.69) is 64.3 Å². The molecule has 1 aromatic carbocycles. The number of likely N-dealkylation sites (tertiary alicyclic amines) is 1. The smallest absolute Gasteiger partial charge is 0.0303 e. The molecule has 0 amide bonds. The van der Waals surface area contributed by atoms with E-state index < -0.39 is 0 Å². The molecule has 0 radical (unpaired) electrons. The zero-order valence-corrected chi connectivity index (χ0v) is 13.5. The maximum Gasteiger partial charge on any atom is 0.0303 e. The predicted octanol–water partition coefficient (Wildman–Crippen LogP) is 3.72. The molecule has 1 aromatic heterocycles. The molecule has 1 aliphatic rings. The van der Waals surface area contributed by atoms with Gasteiger partial charge in [0.1, 0.15) is 0 Å². The zero-order chi connectivity index (χ0) is 14.5. The number of benzene rings is 1. The van der Waals surface area contributed by atoms with Crippen molar-refractivity contribution in [2.75, 3.05) is 19.6 Å². The molecule has 1 saturated heterocycles. The van der Waals surface area contributed by atoms with Gasteiger partial charge in [-0.3, -0.25) is 0 Å². The number of hydrogen-bond acceptors (Lipinski definition) is 3. The van der Waals surface area contributed by atoms with Gasteiger partial charge in [-0.1, -0.05) is 30.3 Å². The van der Waals surface area contributed by atoms with Gasteiger partial charge in [0.15, 0.2) is 0 Å². The van der Waals surface area contributed by atoms with Crippen LogP contribution in [-0.4, -0.2) is 30.6 Å². The van der Waals surface area contributed by atoms with Crippen LogP contribution in [0.5, 0.6) is 0 Å². The monoisotopic (exact) mass is 300 g/mol. The molecule has 0 saturated carbocycles. The lowest BCUT2D eigenvalue weighted by Gasteiger charge is -2.20. The minimum Gasteiger partial charge on any atom is -0.306 e. The zero-order valence-electron chi connectivity index (χ0n) is 12.7. The number of nitrogens with zero attached hydrogens (tertiary/aromatic N) is 1. The van der Waals surface area contributed by atoms with Gasteiger partial charge in [-0.25, -0.2) is 0 Å². The molecule has 3 rings (SSSR count). The number of rotatable bonds is 6. The van der Waals surface area contributed by atoms with Crippen LogP contribution in [-0.2, 0) is 6.42 Å². The Kier molecular flexibility index (Phi) is 5.07. The number of hydrogen-bond donors (Lipinski definition) is 1. The molecule has 1 aliphatic heterocycles. The quantitative estimate of drug-likeness (QED) is 0.875. The molecule has 2 unspecified atom stereocenters. The highest BCUT2D eigenvalue weighted by Gasteiger charge is 2.23. The molecule has 112 valence electrons. The molecule has 2 heterocycles. The van der Waals surface area contributed by atoms with E-state index >= 15 is 0 Å². The van der Waals surface area contributed by atoms with Gasteiger partial charge in [-0.15, -0.1) is 0 Å². The van der Waals surface area contributed by atoms with E-state index in [1.54, 1.807) is 11.3 Å². The van der Waals surface area contributed by atoms with Gasteiger partial charge in [-0.05, 0) is 54.3 Å². The normalized spacial score (nSPS) is 20.7. The molecule has 0 aliphatic carbocycles. The van der Waals surface area contributed by atoms with Gasteiger partial charge in [0.2, 0.25) is 0 Å². The summed E-state index contributed by atoms with van der Waals surface area (Å²) in [5.41, 5.74) is 2.86. The molecular formula is C18H24N2S. The fraction of sp³-hybridized carbons (Fsp3) is 0.444. The lowest BCUT2D eigenvalue weighted by Crippen LogP contribution is -2.34. The Balaban J connectivity index is 1.43. The molecular weight excluding hydrogens is 276 g/mol. The van der Waals surface area contributed by atoms with Crippen molar-refractivity contribution in [2.45, 2.75) is 31.8 Å². The van der Waals surface area contributed by atoms with Gasteiger partial charge in [0.05, 0.1) is 0 Å². The Morgan fingerprint density at radius 1 is 1.29 bits per heavy atom. The fourth-order valence-electron chi connectivity index (χ4n) is 3.07. The van der Waals surface area contributed by atoms with Crippen LogP contribution in [0.25, 0.3) is 0 Å². The summed E-state index contributed by atoms with van der Waals surface area (Å²) < 4.78 is 0. The van der Waals surface area contributed by atoms with Crippen LogP contribution in [0, 0.1) is 0 Å². The summed E-state index contributed by atoms with van der Waals surface area (Å²) in [4.78, 5) is 2.59. The Morgan fingerprint density at radius 3 is 2.90 bits per heavy atom. The van der Waals surface area contributed by atoms with E-state index in [4.69, 9.17) is 0 Å². The maximum atomic E-state index is 3.77. The Morgan fingerprint density at radius 2 is 2.14 bits per heavy atom. The van der Waals surface area contributed by atoms with Crippen LogP contribution in [0.15, 0.2) is 47.2 Å². The average molecular weight is 300 g/mol. The number of thiophene rings is 1. The minimum atomic E-state index is 0.468. The third-order valence-electron chi connectivity index (χ3n) is 4.36. The largest absolute Gasteiger partial charge is 0.306 e. The van der Waals surface area contributed by atoms with Crippen molar-refractivity contribution >= 4 is 11.3 Å². The molecule has 21 heavy (non-hydrogen) atoms. The van der Waals surface area contributed by atoms with Gasteiger partial charge < -0.3 is 10.2 Å². The lowest BCUT2D eigenvalue weighted by molar-refractivity contribution is 0.327. The minimum absolute atomic E-state index is 0.468.